The fraction of sp³-hybridized carbons (Fsp3) is 0.185. The lowest BCUT2D eigenvalue weighted by molar-refractivity contribution is -0.118. The van der Waals surface area contributed by atoms with Gasteiger partial charge in [0.1, 0.15) is 17.1 Å². The van der Waals surface area contributed by atoms with Crippen molar-refractivity contribution in [1.82, 2.24) is 0 Å². The van der Waals surface area contributed by atoms with Gasteiger partial charge in [-0.2, -0.15) is 0 Å². The number of anilines is 1. The Balaban J connectivity index is 1.62. The number of ketones is 1. The molecule has 3 aromatic carbocycles. The van der Waals surface area contributed by atoms with Crippen LogP contribution in [0.5, 0.6) is 5.75 Å². The first-order valence-corrected chi connectivity index (χ1v) is 10.6. The molecule has 4 rings (SSSR count). The van der Waals surface area contributed by atoms with Crippen LogP contribution in [0.3, 0.4) is 0 Å². The Bertz CT molecular complexity index is 1360. The molecule has 0 fully saturated rings. The fourth-order valence-electron chi connectivity index (χ4n) is 3.90. The van der Waals surface area contributed by atoms with E-state index in [-0.39, 0.29) is 23.6 Å². The van der Waals surface area contributed by atoms with Crippen molar-refractivity contribution in [2.75, 3.05) is 11.9 Å². The van der Waals surface area contributed by atoms with Gasteiger partial charge >= 0.3 is 0 Å². The molecule has 0 aliphatic carbocycles. The molecule has 0 aliphatic rings. The number of aryl methyl sites for hydroxylation is 4. The molecule has 0 radical (unpaired) electrons. The van der Waals surface area contributed by atoms with Crippen LogP contribution in [-0.4, -0.2) is 18.3 Å². The number of rotatable bonds is 6. The molecule has 4 aromatic rings. The Hall–Kier alpha value is -3.93. The van der Waals surface area contributed by atoms with E-state index in [2.05, 4.69) is 5.32 Å². The highest BCUT2D eigenvalue weighted by molar-refractivity contribution is 6.17. The van der Waals surface area contributed by atoms with Crippen molar-refractivity contribution in [3.8, 4) is 5.75 Å². The van der Waals surface area contributed by atoms with Crippen molar-refractivity contribution in [3.63, 3.8) is 0 Å². The van der Waals surface area contributed by atoms with E-state index in [0.29, 0.717) is 22.3 Å². The molecule has 1 heterocycles. The van der Waals surface area contributed by atoms with Crippen LogP contribution in [0.2, 0.25) is 0 Å². The van der Waals surface area contributed by atoms with Gasteiger partial charge in [0.25, 0.3) is 5.91 Å². The van der Waals surface area contributed by atoms with E-state index in [1.54, 1.807) is 31.2 Å². The van der Waals surface area contributed by atoms with Crippen molar-refractivity contribution in [2.45, 2.75) is 27.7 Å². The predicted octanol–water partition coefficient (Wildman–Crippen LogP) is 6.05. The Labute approximate surface area is 191 Å². The Morgan fingerprint density at radius 1 is 0.939 bits per heavy atom. The van der Waals surface area contributed by atoms with E-state index in [9.17, 15) is 14.0 Å². The quantitative estimate of drug-likeness (QED) is 0.367. The first-order chi connectivity index (χ1) is 15.7. The number of para-hydroxylation sites is 1. The zero-order chi connectivity index (χ0) is 23.7. The summed E-state index contributed by atoms with van der Waals surface area (Å²) < 4.78 is 25.6. The minimum absolute atomic E-state index is 0.0597. The molecule has 33 heavy (non-hydrogen) atoms. The van der Waals surface area contributed by atoms with Crippen LogP contribution >= 0.6 is 0 Å². The molecule has 0 bridgehead atoms. The highest BCUT2D eigenvalue weighted by Gasteiger charge is 2.24. The lowest BCUT2D eigenvalue weighted by atomic mass is 10.0. The maximum Gasteiger partial charge on any atom is 0.262 e. The number of nitrogens with one attached hydrogen (secondary N) is 1. The molecule has 1 amide bonds. The number of hydrogen-bond acceptors (Lipinski definition) is 4. The van der Waals surface area contributed by atoms with Gasteiger partial charge in [-0.3, -0.25) is 9.59 Å². The maximum atomic E-state index is 14.1. The molecular weight excluding hydrogens is 421 g/mol. The summed E-state index contributed by atoms with van der Waals surface area (Å²) in [4.78, 5) is 25.9. The summed E-state index contributed by atoms with van der Waals surface area (Å²) in [7, 11) is 0. The van der Waals surface area contributed by atoms with Gasteiger partial charge in [0.2, 0.25) is 5.78 Å². The zero-order valence-electron chi connectivity index (χ0n) is 18.9. The molecule has 1 N–H and O–H groups in total. The topological polar surface area (TPSA) is 68.5 Å². The number of fused-ring (bicyclic) bond motifs is 1. The molecule has 0 spiro atoms. The largest absolute Gasteiger partial charge is 0.483 e. The number of carbonyl (C=O) groups is 2. The maximum absolute atomic E-state index is 14.1. The molecule has 0 unspecified atom stereocenters. The van der Waals surface area contributed by atoms with Crippen molar-refractivity contribution in [2.24, 2.45) is 0 Å². The normalized spacial score (nSPS) is 10.9. The summed E-state index contributed by atoms with van der Waals surface area (Å²) in [6.45, 7) is 7.23. The van der Waals surface area contributed by atoms with Gasteiger partial charge in [-0.15, -0.1) is 0 Å². The first-order valence-electron chi connectivity index (χ1n) is 10.6. The van der Waals surface area contributed by atoms with Crippen LogP contribution in [-0.2, 0) is 4.79 Å². The molecule has 0 saturated heterocycles. The van der Waals surface area contributed by atoms with Crippen molar-refractivity contribution in [1.29, 1.82) is 0 Å². The van der Waals surface area contributed by atoms with E-state index in [0.717, 1.165) is 16.7 Å². The minimum Gasteiger partial charge on any atom is -0.483 e. The number of furan rings is 1. The molecule has 168 valence electrons. The highest BCUT2D eigenvalue weighted by atomic mass is 19.1. The Morgan fingerprint density at radius 3 is 2.33 bits per heavy atom. The van der Waals surface area contributed by atoms with Crippen LogP contribution in [0, 0.1) is 33.5 Å². The molecular formula is C27H24FNO4. The van der Waals surface area contributed by atoms with Gasteiger partial charge in [0.15, 0.2) is 12.4 Å². The number of carbonyl (C=O) groups excluding carboxylic acids is 2. The summed E-state index contributed by atoms with van der Waals surface area (Å²) >= 11 is 0. The summed E-state index contributed by atoms with van der Waals surface area (Å²) in [6, 6.07) is 15.2. The lowest BCUT2D eigenvalue weighted by Crippen LogP contribution is -2.21. The predicted molar refractivity (Wildman–Crippen MR) is 126 cm³/mol. The third-order valence-electron chi connectivity index (χ3n) is 5.45. The number of ether oxygens (including phenoxy) is 1. The zero-order valence-corrected chi connectivity index (χ0v) is 18.9. The van der Waals surface area contributed by atoms with Gasteiger partial charge < -0.3 is 14.5 Å². The SMILES string of the molecule is Cc1cc(C)c(OCC(=O)Nc2c(C(=O)c3ccc(C)c(F)c3)oc3ccccc23)c(C)c1. The van der Waals surface area contributed by atoms with Crippen LogP contribution < -0.4 is 10.1 Å². The Kier molecular flexibility index (Phi) is 6.01. The number of amides is 1. The summed E-state index contributed by atoms with van der Waals surface area (Å²) in [5.74, 6) is -0.855. The second kappa shape index (κ2) is 8.90. The molecule has 1 aromatic heterocycles. The summed E-state index contributed by atoms with van der Waals surface area (Å²) in [5, 5.41) is 3.33. The van der Waals surface area contributed by atoms with Crippen molar-refractivity contribution >= 4 is 28.3 Å². The molecule has 0 aliphatic heterocycles. The van der Waals surface area contributed by atoms with Crippen LogP contribution in [0.25, 0.3) is 11.0 Å². The highest BCUT2D eigenvalue weighted by Crippen LogP contribution is 2.33. The lowest BCUT2D eigenvalue weighted by Gasteiger charge is -2.13. The standard InChI is InChI=1S/C27H24FNO4/c1-15-11-17(3)26(18(4)12-15)32-14-23(30)29-24-20-7-5-6-8-22(20)33-27(24)25(31)19-10-9-16(2)21(28)13-19/h5-13H,14H2,1-4H3,(H,29,30). The monoisotopic (exact) mass is 445 g/mol. The molecule has 5 nitrogen and oxygen atoms in total. The fourth-order valence-corrected chi connectivity index (χ4v) is 3.90. The van der Waals surface area contributed by atoms with Gasteiger partial charge in [0, 0.05) is 10.9 Å². The minimum atomic E-state index is -0.522. The van der Waals surface area contributed by atoms with Crippen molar-refractivity contribution in [3.05, 3.63) is 94.0 Å². The second-order valence-electron chi connectivity index (χ2n) is 8.16. The van der Waals surface area contributed by atoms with Gasteiger partial charge in [-0.05, 0) is 62.6 Å². The third kappa shape index (κ3) is 4.51. The van der Waals surface area contributed by atoms with Gasteiger partial charge in [-0.25, -0.2) is 4.39 Å². The van der Waals surface area contributed by atoms with E-state index in [1.165, 1.54) is 18.2 Å². The molecule has 6 heteroatoms. The molecule has 0 saturated carbocycles. The Morgan fingerprint density at radius 2 is 1.64 bits per heavy atom. The van der Waals surface area contributed by atoms with Crippen LogP contribution in [0.15, 0.2) is 59.0 Å². The van der Waals surface area contributed by atoms with Crippen LogP contribution in [0.4, 0.5) is 10.1 Å². The van der Waals surface area contributed by atoms with Gasteiger partial charge in [-0.1, -0.05) is 42.0 Å². The summed E-state index contributed by atoms with van der Waals surface area (Å²) in [6.07, 6.45) is 0. The smallest absolute Gasteiger partial charge is 0.262 e. The molecule has 0 atom stereocenters. The summed E-state index contributed by atoms with van der Waals surface area (Å²) in [5.41, 5.74) is 4.23. The average molecular weight is 445 g/mol. The van der Waals surface area contributed by atoms with E-state index in [1.807, 2.05) is 32.9 Å². The average Bonchev–Trinajstić information content (AvgIpc) is 3.12. The van der Waals surface area contributed by atoms with Gasteiger partial charge in [0.05, 0.1) is 5.69 Å². The number of hydrogen-bond donors (Lipinski definition) is 1. The van der Waals surface area contributed by atoms with E-state index in [4.69, 9.17) is 9.15 Å². The second-order valence-corrected chi connectivity index (χ2v) is 8.16. The van der Waals surface area contributed by atoms with Crippen molar-refractivity contribution < 1.29 is 23.1 Å². The van der Waals surface area contributed by atoms with E-state index >= 15 is 0 Å². The third-order valence-corrected chi connectivity index (χ3v) is 5.45. The van der Waals surface area contributed by atoms with E-state index < -0.39 is 17.5 Å². The number of halogens is 1. The number of benzene rings is 3. The first kappa shape index (κ1) is 22.3. The van der Waals surface area contributed by atoms with Crippen LogP contribution in [0.1, 0.15) is 38.4 Å².